The van der Waals surface area contributed by atoms with Crippen molar-refractivity contribution in [2.24, 2.45) is 0 Å². The smallest absolute Gasteiger partial charge is 0.292 e. The number of hydrogen-bond acceptors (Lipinski definition) is 4. The van der Waals surface area contributed by atoms with Gasteiger partial charge in [-0.2, -0.15) is 5.10 Å². The van der Waals surface area contributed by atoms with Gasteiger partial charge in [0.05, 0.1) is 22.1 Å². The van der Waals surface area contributed by atoms with Crippen molar-refractivity contribution in [2.75, 3.05) is 12.4 Å². The Morgan fingerprint density at radius 1 is 1.56 bits per heavy atom. The molecule has 6 nitrogen and oxygen atoms in total. The molecule has 0 radical (unpaired) electrons. The van der Waals surface area contributed by atoms with Crippen LogP contribution < -0.4 is 5.32 Å². The van der Waals surface area contributed by atoms with E-state index in [-0.39, 0.29) is 5.69 Å². The van der Waals surface area contributed by atoms with Crippen LogP contribution in [0.5, 0.6) is 0 Å². The van der Waals surface area contributed by atoms with Gasteiger partial charge in [-0.1, -0.05) is 12.1 Å². The molecule has 18 heavy (non-hydrogen) atoms. The van der Waals surface area contributed by atoms with Crippen LogP contribution in [0.25, 0.3) is 0 Å². The van der Waals surface area contributed by atoms with Gasteiger partial charge < -0.3 is 5.32 Å². The minimum Gasteiger partial charge on any atom is -0.382 e. The molecule has 0 amide bonds. The highest BCUT2D eigenvalue weighted by Gasteiger charge is 2.16. The van der Waals surface area contributed by atoms with Crippen LogP contribution in [0.1, 0.15) is 5.56 Å². The molecule has 1 aromatic heterocycles. The third-order valence-electron chi connectivity index (χ3n) is 2.51. The molecule has 0 saturated carbocycles. The fourth-order valence-electron chi connectivity index (χ4n) is 1.76. The SMILES string of the molecule is CNc1c(Cn2cc(Br)cn2)cccc1[N+](=O)[O-]. The van der Waals surface area contributed by atoms with Gasteiger partial charge >= 0.3 is 0 Å². The van der Waals surface area contributed by atoms with Crippen LogP contribution in [-0.4, -0.2) is 21.8 Å². The van der Waals surface area contributed by atoms with Crippen LogP contribution in [0.3, 0.4) is 0 Å². The zero-order valence-electron chi connectivity index (χ0n) is 9.63. The normalized spacial score (nSPS) is 10.3. The maximum atomic E-state index is 10.9. The van der Waals surface area contributed by atoms with Crippen molar-refractivity contribution in [1.82, 2.24) is 9.78 Å². The lowest BCUT2D eigenvalue weighted by molar-refractivity contribution is -0.384. The highest BCUT2D eigenvalue weighted by molar-refractivity contribution is 9.10. The lowest BCUT2D eigenvalue weighted by atomic mass is 10.1. The molecule has 1 heterocycles. The molecular formula is C11H11BrN4O2. The first kappa shape index (κ1) is 12.6. The van der Waals surface area contributed by atoms with Crippen molar-refractivity contribution in [2.45, 2.75) is 6.54 Å². The second kappa shape index (κ2) is 5.18. The predicted octanol–water partition coefficient (Wildman–Crippen LogP) is 2.64. The molecule has 0 fully saturated rings. The topological polar surface area (TPSA) is 73.0 Å². The quantitative estimate of drug-likeness (QED) is 0.696. The summed E-state index contributed by atoms with van der Waals surface area (Å²) >= 11 is 3.31. The molecular weight excluding hydrogens is 300 g/mol. The number of aromatic nitrogens is 2. The Kier molecular flexibility index (Phi) is 3.61. The second-order valence-corrected chi connectivity index (χ2v) is 4.59. The van der Waals surface area contributed by atoms with E-state index in [4.69, 9.17) is 0 Å². The molecule has 0 saturated heterocycles. The summed E-state index contributed by atoms with van der Waals surface area (Å²) in [4.78, 5) is 10.5. The largest absolute Gasteiger partial charge is 0.382 e. The summed E-state index contributed by atoms with van der Waals surface area (Å²) in [6, 6.07) is 5.00. The van der Waals surface area contributed by atoms with Gasteiger partial charge in [-0.15, -0.1) is 0 Å². The Morgan fingerprint density at radius 3 is 2.89 bits per heavy atom. The predicted molar refractivity (Wildman–Crippen MR) is 71.7 cm³/mol. The molecule has 0 unspecified atom stereocenters. The van der Waals surface area contributed by atoms with Crippen molar-refractivity contribution in [1.29, 1.82) is 0 Å². The standard InChI is InChI=1S/C11H11BrN4O2/c1-13-11-8(3-2-4-10(11)16(17)18)6-15-7-9(12)5-14-15/h2-5,7,13H,6H2,1H3. The number of anilines is 1. The molecule has 2 rings (SSSR count). The van der Waals surface area contributed by atoms with Crippen LogP contribution in [0.4, 0.5) is 11.4 Å². The number of hydrogen-bond donors (Lipinski definition) is 1. The van der Waals surface area contributed by atoms with E-state index in [1.807, 2.05) is 12.3 Å². The minimum absolute atomic E-state index is 0.0706. The van der Waals surface area contributed by atoms with E-state index in [2.05, 4.69) is 26.3 Å². The van der Waals surface area contributed by atoms with Crippen LogP contribution in [0.15, 0.2) is 35.1 Å². The number of nitrogens with one attached hydrogen (secondary N) is 1. The van der Waals surface area contributed by atoms with E-state index >= 15 is 0 Å². The summed E-state index contributed by atoms with van der Waals surface area (Å²) in [5, 5.41) is 17.9. The average Bonchev–Trinajstić information content (AvgIpc) is 2.74. The zero-order chi connectivity index (χ0) is 13.1. The summed E-state index contributed by atoms with van der Waals surface area (Å²) in [5.74, 6) is 0. The Hall–Kier alpha value is -1.89. The van der Waals surface area contributed by atoms with Crippen molar-refractivity contribution in [3.63, 3.8) is 0 Å². The third-order valence-corrected chi connectivity index (χ3v) is 2.92. The Labute approximate surface area is 112 Å². The van der Waals surface area contributed by atoms with Gasteiger partial charge in [0.25, 0.3) is 5.69 Å². The van der Waals surface area contributed by atoms with E-state index in [1.54, 1.807) is 24.0 Å². The van der Waals surface area contributed by atoms with Gasteiger partial charge in [0.1, 0.15) is 5.69 Å². The van der Waals surface area contributed by atoms with E-state index in [1.165, 1.54) is 6.07 Å². The first-order valence-corrected chi connectivity index (χ1v) is 6.03. The number of halogens is 1. The summed E-state index contributed by atoms with van der Waals surface area (Å²) in [6.45, 7) is 0.476. The summed E-state index contributed by atoms with van der Waals surface area (Å²) in [5.41, 5.74) is 1.41. The Bertz CT molecular complexity index is 582. The number of para-hydroxylation sites is 1. The summed E-state index contributed by atoms with van der Waals surface area (Å²) in [7, 11) is 1.67. The van der Waals surface area contributed by atoms with Crippen LogP contribution in [0, 0.1) is 10.1 Å². The number of benzene rings is 1. The number of nitro groups is 1. The van der Waals surface area contributed by atoms with E-state index < -0.39 is 4.92 Å². The van der Waals surface area contributed by atoms with Gasteiger partial charge in [-0.05, 0) is 15.9 Å². The number of rotatable bonds is 4. The highest BCUT2D eigenvalue weighted by Crippen LogP contribution is 2.28. The summed E-state index contributed by atoms with van der Waals surface area (Å²) < 4.78 is 2.59. The summed E-state index contributed by atoms with van der Waals surface area (Å²) in [6.07, 6.45) is 3.49. The molecule has 0 aliphatic carbocycles. The molecule has 0 bridgehead atoms. The third kappa shape index (κ3) is 2.51. The van der Waals surface area contributed by atoms with Crippen molar-refractivity contribution in [3.05, 3.63) is 50.7 Å². The van der Waals surface area contributed by atoms with Gasteiger partial charge in [0.2, 0.25) is 0 Å². The van der Waals surface area contributed by atoms with Crippen molar-refractivity contribution in [3.8, 4) is 0 Å². The highest BCUT2D eigenvalue weighted by atomic mass is 79.9. The molecule has 0 aliphatic rings. The second-order valence-electron chi connectivity index (χ2n) is 3.67. The fraction of sp³-hybridized carbons (Fsp3) is 0.182. The number of nitro benzene ring substituents is 1. The zero-order valence-corrected chi connectivity index (χ0v) is 11.2. The minimum atomic E-state index is -0.395. The van der Waals surface area contributed by atoms with E-state index in [0.29, 0.717) is 12.2 Å². The van der Waals surface area contributed by atoms with Crippen molar-refractivity contribution >= 4 is 27.3 Å². The molecule has 0 aliphatic heterocycles. The molecule has 0 spiro atoms. The average molecular weight is 311 g/mol. The fourth-order valence-corrected chi connectivity index (χ4v) is 2.09. The maximum absolute atomic E-state index is 10.9. The van der Waals surface area contributed by atoms with Crippen molar-refractivity contribution < 1.29 is 4.92 Å². The molecule has 1 aromatic carbocycles. The van der Waals surface area contributed by atoms with E-state index in [9.17, 15) is 10.1 Å². The first-order valence-electron chi connectivity index (χ1n) is 5.24. The van der Waals surface area contributed by atoms with Gasteiger partial charge in [0.15, 0.2) is 0 Å². The Morgan fingerprint density at radius 2 is 2.33 bits per heavy atom. The van der Waals surface area contributed by atoms with Gasteiger partial charge in [0, 0.05) is 24.9 Å². The van der Waals surface area contributed by atoms with E-state index in [0.717, 1.165) is 10.0 Å². The number of nitrogens with zero attached hydrogens (tertiary/aromatic N) is 3. The molecule has 94 valence electrons. The van der Waals surface area contributed by atoms with Crippen LogP contribution in [0.2, 0.25) is 0 Å². The Balaban J connectivity index is 2.38. The molecule has 2 aromatic rings. The molecule has 7 heteroatoms. The van der Waals surface area contributed by atoms with Gasteiger partial charge in [-0.3, -0.25) is 14.8 Å². The van der Waals surface area contributed by atoms with Crippen LogP contribution in [-0.2, 0) is 6.54 Å². The lowest BCUT2D eigenvalue weighted by Gasteiger charge is -2.09. The van der Waals surface area contributed by atoms with Crippen LogP contribution >= 0.6 is 15.9 Å². The molecule has 1 N–H and O–H groups in total. The first-order chi connectivity index (χ1) is 8.61. The van der Waals surface area contributed by atoms with Gasteiger partial charge in [-0.25, -0.2) is 0 Å². The molecule has 0 atom stereocenters. The lowest BCUT2D eigenvalue weighted by Crippen LogP contribution is -2.05. The maximum Gasteiger partial charge on any atom is 0.292 e. The monoisotopic (exact) mass is 310 g/mol.